The van der Waals surface area contributed by atoms with Crippen LogP contribution < -0.4 is 0 Å². The molecule has 0 saturated heterocycles. The summed E-state index contributed by atoms with van der Waals surface area (Å²) in [5.74, 6) is 0.858. The van der Waals surface area contributed by atoms with Crippen LogP contribution in [0.5, 0.6) is 5.75 Å². The van der Waals surface area contributed by atoms with Gasteiger partial charge >= 0.3 is 0 Å². The van der Waals surface area contributed by atoms with Crippen LogP contribution >= 0.6 is 11.6 Å². The van der Waals surface area contributed by atoms with Crippen molar-refractivity contribution in [2.75, 3.05) is 5.88 Å². The van der Waals surface area contributed by atoms with Gasteiger partial charge in [-0.05, 0) is 28.7 Å². The van der Waals surface area contributed by atoms with Gasteiger partial charge in [0.15, 0.2) is 0 Å². The number of aromatic hydroxyl groups is 1. The van der Waals surface area contributed by atoms with Gasteiger partial charge < -0.3 is 5.11 Å². The molecule has 82 valence electrons. The van der Waals surface area contributed by atoms with E-state index in [9.17, 15) is 5.11 Å². The largest absolute Gasteiger partial charge is 0.508 e. The molecule has 0 bridgehead atoms. The highest BCUT2D eigenvalue weighted by atomic mass is 35.5. The highest BCUT2D eigenvalue weighted by Crippen LogP contribution is 2.31. The van der Waals surface area contributed by atoms with Gasteiger partial charge in [0.05, 0.1) is 0 Å². The number of rotatable bonds is 2. The van der Waals surface area contributed by atoms with Crippen LogP contribution in [0.15, 0.2) is 24.3 Å². The van der Waals surface area contributed by atoms with Gasteiger partial charge in [-0.25, -0.2) is 0 Å². The number of hydrogen-bond acceptors (Lipinski definition) is 1. The molecular weight excluding hydrogens is 208 g/mol. The molecule has 0 aliphatic rings. The molecule has 2 heteroatoms. The monoisotopic (exact) mass is 224 g/mol. The Labute approximate surface area is 96.4 Å². The van der Waals surface area contributed by atoms with Gasteiger partial charge in [-0.1, -0.05) is 39.0 Å². The lowest BCUT2D eigenvalue weighted by molar-refractivity contribution is 0.446. The zero-order chi connectivity index (χ0) is 11.5. The van der Waals surface area contributed by atoms with E-state index >= 15 is 0 Å². The van der Waals surface area contributed by atoms with Gasteiger partial charge in [0.25, 0.3) is 0 Å². The van der Waals surface area contributed by atoms with Gasteiger partial charge in [-0.3, -0.25) is 0 Å². The molecule has 1 rings (SSSR count). The lowest BCUT2D eigenvalue weighted by Gasteiger charge is -2.20. The van der Waals surface area contributed by atoms with Crippen molar-refractivity contribution in [3.8, 4) is 5.75 Å². The van der Waals surface area contributed by atoms with E-state index < -0.39 is 0 Å². The fraction of sp³-hybridized carbons (Fsp3) is 0.385. The molecule has 1 nitrogen and oxygen atoms in total. The maximum Gasteiger partial charge on any atom is 0.119 e. The average Bonchev–Trinajstić information content (AvgIpc) is 2.15. The Bertz CT molecular complexity index is 361. The van der Waals surface area contributed by atoms with E-state index in [1.54, 1.807) is 6.07 Å². The average molecular weight is 225 g/mol. The molecule has 0 unspecified atom stereocenters. The van der Waals surface area contributed by atoms with Crippen molar-refractivity contribution in [1.29, 1.82) is 0 Å². The Kier molecular flexibility index (Phi) is 3.81. The third kappa shape index (κ3) is 3.28. The molecule has 0 aromatic heterocycles. The molecule has 1 N–H and O–H groups in total. The third-order valence-electron chi connectivity index (χ3n) is 2.23. The molecule has 1 aromatic rings. The van der Waals surface area contributed by atoms with Crippen LogP contribution in [0.3, 0.4) is 0 Å². The van der Waals surface area contributed by atoms with Crippen molar-refractivity contribution in [3.63, 3.8) is 0 Å². The lowest BCUT2D eigenvalue weighted by atomic mass is 9.85. The minimum absolute atomic E-state index is 0.0467. The van der Waals surface area contributed by atoms with Crippen LogP contribution in [0, 0.1) is 0 Å². The molecule has 0 radical (unpaired) electrons. The van der Waals surface area contributed by atoms with E-state index in [1.165, 1.54) is 0 Å². The lowest BCUT2D eigenvalue weighted by Crippen LogP contribution is -2.11. The summed E-state index contributed by atoms with van der Waals surface area (Å²) in [5.41, 5.74) is 1.98. The highest BCUT2D eigenvalue weighted by Gasteiger charge is 2.17. The highest BCUT2D eigenvalue weighted by molar-refractivity contribution is 6.19. The summed E-state index contributed by atoms with van der Waals surface area (Å²) >= 11 is 5.58. The predicted molar refractivity (Wildman–Crippen MR) is 66.6 cm³/mol. The van der Waals surface area contributed by atoms with E-state index in [-0.39, 0.29) is 5.41 Å². The van der Waals surface area contributed by atoms with Crippen molar-refractivity contribution in [3.05, 3.63) is 35.4 Å². The Balaban J connectivity index is 3.11. The predicted octanol–water partition coefficient (Wildman–Crippen LogP) is 3.94. The standard InChI is InChI=1S/C13H17ClO/c1-13(2,3)11-9-10(5-4-8-14)6-7-12(11)15/h4-7,9,15H,8H2,1-3H3. The van der Waals surface area contributed by atoms with E-state index in [0.29, 0.717) is 11.6 Å². The van der Waals surface area contributed by atoms with Crippen LogP contribution in [0.4, 0.5) is 0 Å². The van der Waals surface area contributed by atoms with E-state index in [4.69, 9.17) is 11.6 Å². The summed E-state index contributed by atoms with van der Waals surface area (Å²) in [5, 5.41) is 9.75. The van der Waals surface area contributed by atoms with Crippen LogP contribution in [0.1, 0.15) is 31.9 Å². The van der Waals surface area contributed by atoms with Gasteiger partial charge in [0.2, 0.25) is 0 Å². The molecule has 1 aromatic carbocycles. The normalized spacial score (nSPS) is 12.3. The molecule has 0 fully saturated rings. The van der Waals surface area contributed by atoms with Crippen molar-refractivity contribution in [2.45, 2.75) is 26.2 Å². The van der Waals surface area contributed by atoms with Crippen molar-refractivity contribution in [1.82, 2.24) is 0 Å². The second kappa shape index (κ2) is 4.71. The molecular formula is C13H17ClO. The van der Waals surface area contributed by atoms with Crippen LogP contribution in [-0.4, -0.2) is 11.0 Å². The molecule has 0 saturated carbocycles. The Morgan fingerprint density at radius 2 is 2.00 bits per heavy atom. The fourth-order valence-electron chi connectivity index (χ4n) is 1.44. The van der Waals surface area contributed by atoms with Crippen molar-refractivity contribution in [2.24, 2.45) is 0 Å². The van der Waals surface area contributed by atoms with Gasteiger partial charge in [-0.15, -0.1) is 11.6 Å². The van der Waals surface area contributed by atoms with Gasteiger partial charge in [0, 0.05) is 5.88 Å². The number of phenols is 1. The number of benzene rings is 1. The maximum absolute atomic E-state index is 9.75. The van der Waals surface area contributed by atoms with Crippen LogP contribution in [0.2, 0.25) is 0 Å². The number of alkyl halides is 1. The van der Waals surface area contributed by atoms with E-state index in [2.05, 4.69) is 20.8 Å². The molecule has 0 aliphatic carbocycles. The van der Waals surface area contributed by atoms with Crippen molar-refractivity contribution < 1.29 is 5.11 Å². The molecule has 0 atom stereocenters. The third-order valence-corrected chi connectivity index (χ3v) is 2.41. The minimum Gasteiger partial charge on any atom is -0.508 e. The smallest absolute Gasteiger partial charge is 0.119 e. The first-order valence-electron chi connectivity index (χ1n) is 5.01. The molecule has 0 amide bonds. The van der Waals surface area contributed by atoms with E-state index in [1.807, 2.05) is 24.3 Å². The second-order valence-corrected chi connectivity index (χ2v) is 4.89. The summed E-state index contributed by atoms with van der Waals surface area (Å²) in [6, 6.07) is 5.61. The number of allylic oxidation sites excluding steroid dienone is 1. The summed E-state index contributed by atoms with van der Waals surface area (Å²) in [6.07, 6.45) is 3.85. The Hall–Kier alpha value is -0.950. The summed E-state index contributed by atoms with van der Waals surface area (Å²) in [4.78, 5) is 0. The second-order valence-electron chi connectivity index (χ2n) is 4.58. The minimum atomic E-state index is -0.0467. The number of hydrogen-bond donors (Lipinski definition) is 1. The van der Waals surface area contributed by atoms with E-state index in [0.717, 1.165) is 11.1 Å². The van der Waals surface area contributed by atoms with Crippen molar-refractivity contribution >= 4 is 17.7 Å². The molecule has 0 heterocycles. The van der Waals surface area contributed by atoms with Gasteiger partial charge in [0.1, 0.15) is 5.75 Å². The summed E-state index contributed by atoms with van der Waals surface area (Å²) < 4.78 is 0. The molecule has 15 heavy (non-hydrogen) atoms. The number of phenolic OH excluding ortho intramolecular Hbond substituents is 1. The van der Waals surface area contributed by atoms with Gasteiger partial charge in [-0.2, -0.15) is 0 Å². The summed E-state index contributed by atoms with van der Waals surface area (Å²) in [6.45, 7) is 6.24. The molecule has 0 aliphatic heterocycles. The topological polar surface area (TPSA) is 20.2 Å². The van der Waals surface area contributed by atoms with Crippen LogP contribution in [-0.2, 0) is 5.41 Å². The maximum atomic E-state index is 9.75. The number of halogens is 1. The quantitative estimate of drug-likeness (QED) is 0.755. The Morgan fingerprint density at radius 1 is 1.33 bits per heavy atom. The molecule has 0 spiro atoms. The fourth-order valence-corrected chi connectivity index (χ4v) is 1.53. The first kappa shape index (κ1) is 12.1. The summed E-state index contributed by atoms with van der Waals surface area (Å²) in [7, 11) is 0. The van der Waals surface area contributed by atoms with Crippen LogP contribution in [0.25, 0.3) is 6.08 Å². The first-order valence-corrected chi connectivity index (χ1v) is 5.54. The zero-order valence-electron chi connectivity index (χ0n) is 9.42. The Morgan fingerprint density at radius 3 is 2.53 bits per heavy atom. The zero-order valence-corrected chi connectivity index (χ0v) is 10.2. The SMILES string of the molecule is CC(C)(C)c1cc(C=CCCl)ccc1O. The first-order chi connectivity index (χ1) is 6.95.